The minimum atomic E-state index is -1.19. The molecule has 1 aromatic carbocycles. The molecule has 0 saturated heterocycles. The third kappa shape index (κ3) is 2.70. The van der Waals surface area contributed by atoms with Crippen molar-refractivity contribution < 1.29 is 8.60 Å². The molecule has 0 aliphatic carbocycles. The Labute approximate surface area is 85.1 Å². The van der Waals surface area contributed by atoms with Crippen LogP contribution in [-0.4, -0.2) is 9.46 Å². The van der Waals surface area contributed by atoms with E-state index >= 15 is 0 Å². The molecule has 0 bridgehead atoms. The summed E-state index contributed by atoms with van der Waals surface area (Å²) < 4.78 is 26.8. The van der Waals surface area contributed by atoms with Crippen LogP contribution in [0.1, 0.15) is 13.8 Å². The van der Waals surface area contributed by atoms with Crippen molar-refractivity contribution in [1.82, 2.24) is 0 Å². The Morgan fingerprint density at radius 3 is 2.64 bits per heavy atom. The highest BCUT2D eigenvalue weighted by atomic mass is 32.2. The van der Waals surface area contributed by atoms with Crippen LogP contribution in [-0.2, 0) is 11.0 Å². The summed E-state index contributed by atoms with van der Waals surface area (Å²) in [5.74, 6) is -0.400. The molecule has 0 aliphatic rings. The quantitative estimate of drug-likeness (QED) is 0.758. The van der Waals surface area contributed by atoms with Crippen LogP contribution in [0.4, 0.5) is 15.8 Å². The van der Waals surface area contributed by atoms with Crippen LogP contribution in [0.5, 0.6) is 0 Å². The van der Waals surface area contributed by atoms with E-state index in [2.05, 4.69) is 4.72 Å². The van der Waals surface area contributed by atoms with Gasteiger partial charge in [-0.1, -0.05) is 0 Å². The number of hydrogen-bond acceptors (Lipinski definition) is 2. The molecule has 14 heavy (non-hydrogen) atoms. The van der Waals surface area contributed by atoms with Crippen LogP contribution in [0.25, 0.3) is 0 Å². The van der Waals surface area contributed by atoms with Gasteiger partial charge in [-0.05, 0) is 32.0 Å². The van der Waals surface area contributed by atoms with Gasteiger partial charge in [-0.3, -0.25) is 0 Å². The SMILES string of the molecule is CC(C)S(=O)Nc1ccc(F)cc1N. The standard InChI is InChI=1S/C9H13FN2OS/c1-6(2)14(13)12-9-4-3-7(10)5-8(9)11/h3-6,12H,11H2,1-2H3. The zero-order valence-corrected chi connectivity index (χ0v) is 8.90. The second-order valence-corrected chi connectivity index (χ2v) is 4.92. The summed E-state index contributed by atoms with van der Waals surface area (Å²) in [4.78, 5) is 0. The third-order valence-electron chi connectivity index (χ3n) is 1.65. The number of rotatable bonds is 3. The van der Waals surface area contributed by atoms with E-state index in [0.717, 1.165) is 0 Å². The number of halogens is 1. The molecule has 0 heterocycles. The van der Waals surface area contributed by atoms with Crippen molar-refractivity contribution in [1.29, 1.82) is 0 Å². The van der Waals surface area contributed by atoms with Crippen molar-refractivity contribution in [3.05, 3.63) is 24.0 Å². The summed E-state index contributed by atoms with van der Waals surface area (Å²) in [6.45, 7) is 3.64. The molecule has 1 rings (SSSR count). The van der Waals surface area contributed by atoms with E-state index in [1.165, 1.54) is 18.2 Å². The molecule has 5 heteroatoms. The van der Waals surface area contributed by atoms with E-state index < -0.39 is 16.8 Å². The number of benzene rings is 1. The van der Waals surface area contributed by atoms with Gasteiger partial charge in [0.05, 0.1) is 11.4 Å². The van der Waals surface area contributed by atoms with Crippen LogP contribution in [0, 0.1) is 5.82 Å². The van der Waals surface area contributed by atoms with E-state index in [9.17, 15) is 8.60 Å². The summed E-state index contributed by atoms with van der Waals surface area (Å²) in [5.41, 5.74) is 6.29. The van der Waals surface area contributed by atoms with E-state index in [0.29, 0.717) is 5.69 Å². The number of nitrogen functional groups attached to an aromatic ring is 1. The first-order chi connectivity index (χ1) is 6.50. The van der Waals surface area contributed by atoms with E-state index in [4.69, 9.17) is 5.73 Å². The lowest BCUT2D eigenvalue weighted by Crippen LogP contribution is -2.15. The zero-order valence-electron chi connectivity index (χ0n) is 8.08. The number of anilines is 2. The Bertz CT molecular complexity index is 355. The summed E-state index contributed by atoms with van der Waals surface area (Å²) in [7, 11) is -1.19. The first-order valence-electron chi connectivity index (χ1n) is 4.23. The fourth-order valence-electron chi connectivity index (χ4n) is 0.853. The molecule has 1 aromatic rings. The molecule has 0 aromatic heterocycles. The largest absolute Gasteiger partial charge is 0.397 e. The summed E-state index contributed by atoms with van der Waals surface area (Å²) >= 11 is 0. The van der Waals surface area contributed by atoms with Gasteiger partial charge in [0.15, 0.2) is 0 Å². The first-order valence-corrected chi connectivity index (χ1v) is 5.44. The van der Waals surface area contributed by atoms with Crippen molar-refractivity contribution in [3.8, 4) is 0 Å². The van der Waals surface area contributed by atoms with Crippen LogP contribution in [0.3, 0.4) is 0 Å². The van der Waals surface area contributed by atoms with Crippen molar-refractivity contribution >= 4 is 22.4 Å². The van der Waals surface area contributed by atoms with Crippen molar-refractivity contribution in [2.75, 3.05) is 10.5 Å². The van der Waals surface area contributed by atoms with Crippen molar-refractivity contribution in [2.24, 2.45) is 0 Å². The molecule has 3 N–H and O–H groups in total. The van der Waals surface area contributed by atoms with Gasteiger partial charge in [-0.25, -0.2) is 8.60 Å². The normalized spacial score (nSPS) is 12.9. The highest BCUT2D eigenvalue weighted by molar-refractivity contribution is 7.86. The summed E-state index contributed by atoms with van der Waals surface area (Å²) in [6.07, 6.45) is 0. The van der Waals surface area contributed by atoms with Crippen molar-refractivity contribution in [2.45, 2.75) is 19.1 Å². The number of nitrogens with two attached hydrogens (primary N) is 1. The lowest BCUT2D eigenvalue weighted by molar-refractivity contribution is 0.628. The molecule has 0 fully saturated rings. The summed E-state index contributed by atoms with van der Waals surface area (Å²) in [5, 5.41) is -0.0144. The zero-order chi connectivity index (χ0) is 10.7. The van der Waals surface area contributed by atoms with Crippen molar-refractivity contribution in [3.63, 3.8) is 0 Å². The molecule has 0 spiro atoms. The Morgan fingerprint density at radius 1 is 1.50 bits per heavy atom. The molecular formula is C9H13FN2OS. The molecule has 0 aliphatic heterocycles. The molecule has 0 radical (unpaired) electrons. The van der Waals surface area contributed by atoms with Gasteiger partial charge in [0.1, 0.15) is 16.8 Å². The molecular weight excluding hydrogens is 203 g/mol. The highest BCUT2D eigenvalue weighted by Gasteiger charge is 2.07. The van der Waals surface area contributed by atoms with Crippen LogP contribution in [0.2, 0.25) is 0 Å². The molecule has 3 nitrogen and oxygen atoms in total. The maximum Gasteiger partial charge on any atom is 0.125 e. The van der Waals surface area contributed by atoms with E-state index in [-0.39, 0.29) is 10.9 Å². The molecule has 0 amide bonds. The van der Waals surface area contributed by atoms with Gasteiger partial charge in [0, 0.05) is 5.25 Å². The average molecular weight is 216 g/mol. The summed E-state index contributed by atoms with van der Waals surface area (Å²) in [6, 6.07) is 3.95. The topological polar surface area (TPSA) is 55.1 Å². The lowest BCUT2D eigenvalue weighted by Gasteiger charge is -2.10. The van der Waals surface area contributed by atoms with Gasteiger partial charge in [-0.15, -0.1) is 0 Å². The smallest absolute Gasteiger partial charge is 0.125 e. The van der Waals surface area contributed by atoms with E-state index in [1.807, 2.05) is 13.8 Å². The molecule has 1 unspecified atom stereocenters. The monoisotopic (exact) mass is 216 g/mol. The van der Waals surface area contributed by atoms with Crippen LogP contribution >= 0.6 is 0 Å². The second kappa shape index (κ2) is 4.41. The maximum atomic E-state index is 12.7. The molecule has 78 valence electrons. The Morgan fingerprint density at radius 2 is 2.14 bits per heavy atom. The van der Waals surface area contributed by atoms with Gasteiger partial charge in [0.2, 0.25) is 0 Å². The predicted molar refractivity (Wildman–Crippen MR) is 57.7 cm³/mol. The average Bonchev–Trinajstić information content (AvgIpc) is 2.09. The first kappa shape index (κ1) is 11.0. The third-order valence-corrected chi connectivity index (χ3v) is 2.93. The van der Waals surface area contributed by atoms with Crippen LogP contribution in [0.15, 0.2) is 18.2 Å². The Hall–Kier alpha value is -1.10. The predicted octanol–water partition coefficient (Wildman–Crippen LogP) is 1.89. The second-order valence-electron chi connectivity index (χ2n) is 3.18. The Balaban J connectivity index is 2.82. The molecule has 1 atom stereocenters. The maximum absolute atomic E-state index is 12.7. The lowest BCUT2D eigenvalue weighted by atomic mass is 10.3. The van der Waals surface area contributed by atoms with Gasteiger partial charge in [0.25, 0.3) is 0 Å². The Kier molecular flexibility index (Phi) is 3.46. The minimum absolute atomic E-state index is 0.0144. The van der Waals surface area contributed by atoms with Gasteiger partial charge < -0.3 is 10.5 Å². The minimum Gasteiger partial charge on any atom is -0.397 e. The fourth-order valence-corrected chi connectivity index (χ4v) is 1.49. The van der Waals surface area contributed by atoms with Gasteiger partial charge >= 0.3 is 0 Å². The highest BCUT2D eigenvalue weighted by Crippen LogP contribution is 2.20. The van der Waals surface area contributed by atoms with E-state index in [1.54, 1.807) is 0 Å². The number of nitrogens with one attached hydrogen (secondary N) is 1. The van der Waals surface area contributed by atoms with Gasteiger partial charge in [-0.2, -0.15) is 0 Å². The van der Waals surface area contributed by atoms with Crippen LogP contribution < -0.4 is 10.5 Å². The number of hydrogen-bond donors (Lipinski definition) is 2. The molecule has 0 saturated carbocycles. The fraction of sp³-hybridized carbons (Fsp3) is 0.333.